The fourth-order valence-corrected chi connectivity index (χ4v) is 2.54. The normalized spacial score (nSPS) is 12.5. The number of halogens is 1. The molecule has 3 N–H and O–H groups in total. The highest BCUT2D eigenvalue weighted by Gasteiger charge is 2.18. The van der Waals surface area contributed by atoms with Crippen LogP contribution in [0.1, 0.15) is 36.6 Å². The number of rotatable bonds is 5. The summed E-state index contributed by atoms with van der Waals surface area (Å²) in [5.41, 5.74) is 6.22. The smallest absolute Gasteiger partial charge is 0.124 e. The Bertz CT molecular complexity index is 613. The Balaban J connectivity index is 2.43. The van der Waals surface area contributed by atoms with E-state index in [2.05, 4.69) is 40.4 Å². The molecular formula is C17H21BrN2O. The van der Waals surface area contributed by atoms with E-state index in [4.69, 9.17) is 10.6 Å². The van der Waals surface area contributed by atoms with Gasteiger partial charge in [-0.2, -0.15) is 0 Å². The zero-order valence-corrected chi connectivity index (χ0v) is 14.1. The van der Waals surface area contributed by atoms with Crippen molar-refractivity contribution in [3.8, 4) is 5.75 Å². The largest absolute Gasteiger partial charge is 0.491 e. The minimum Gasteiger partial charge on any atom is -0.491 e. The molecule has 0 fully saturated rings. The van der Waals surface area contributed by atoms with Crippen molar-refractivity contribution in [2.45, 2.75) is 32.9 Å². The maximum absolute atomic E-state index is 5.90. The Kier molecular flexibility index (Phi) is 5.39. The molecule has 0 bridgehead atoms. The molecule has 21 heavy (non-hydrogen) atoms. The molecule has 112 valence electrons. The summed E-state index contributed by atoms with van der Waals surface area (Å²) in [5.74, 6) is 6.66. The van der Waals surface area contributed by atoms with Crippen molar-refractivity contribution >= 4 is 15.9 Å². The lowest BCUT2D eigenvalue weighted by atomic mass is 9.97. The topological polar surface area (TPSA) is 47.3 Å². The number of para-hydroxylation sites is 1. The molecule has 0 saturated carbocycles. The van der Waals surface area contributed by atoms with Gasteiger partial charge < -0.3 is 4.74 Å². The lowest BCUT2D eigenvalue weighted by Crippen LogP contribution is -2.29. The first kappa shape index (κ1) is 16.0. The van der Waals surface area contributed by atoms with Crippen LogP contribution in [0.15, 0.2) is 46.9 Å². The number of hydrazine groups is 1. The van der Waals surface area contributed by atoms with Gasteiger partial charge in [0.05, 0.1) is 12.1 Å². The Labute approximate surface area is 134 Å². The van der Waals surface area contributed by atoms with E-state index >= 15 is 0 Å². The number of nitrogens with two attached hydrogens (primary N) is 1. The van der Waals surface area contributed by atoms with Crippen LogP contribution in [0.3, 0.4) is 0 Å². The summed E-state index contributed by atoms with van der Waals surface area (Å²) < 4.78 is 6.99. The highest BCUT2D eigenvalue weighted by Crippen LogP contribution is 2.31. The van der Waals surface area contributed by atoms with E-state index < -0.39 is 0 Å². The maximum atomic E-state index is 5.90. The van der Waals surface area contributed by atoms with Crippen LogP contribution in [0, 0.1) is 6.92 Å². The number of aryl methyl sites for hydroxylation is 1. The lowest BCUT2D eigenvalue weighted by molar-refractivity contribution is 0.238. The molecule has 0 radical (unpaired) electrons. The van der Waals surface area contributed by atoms with Crippen molar-refractivity contribution in [2.24, 2.45) is 5.84 Å². The summed E-state index contributed by atoms with van der Waals surface area (Å²) >= 11 is 3.53. The van der Waals surface area contributed by atoms with Gasteiger partial charge in [0.2, 0.25) is 0 Å². The number of hydrogen-bond acceptors (Lipinski definition) is 3. The van der Waals surface area contributed by atoms with Crippen molar-refractivity contribution in [1.29, 1.82) is 0 Å². The molecule has 0 aromatic heterocycles. The maximum Gasteiger partial charge on any atom is 0.124 e. The van der Waals surface area contributed by atoms with E-state index in [0.29, 0.717) is 0 Å². The lowest BCUT2D eigenvalue weighted by Gasteiger charge is -2.22. The average Bonchev–Trinajstić information content (AvgIpc) is 2.44. The molecule has 0 heterocycles. The van der Waals surface area contributed by atoms with Gasteiger partial charge >= 0.3 is 0 Å². The van der Waals surface area contributed by atoms with Gasteiger partial charge in [-0.25, -0.2) is 5.43 Å². The quantitative estimate of drug-likeness (QED) is 0.631. The van der Waals surface area contributed by atoms with E-state index in [9.17, 15) is 0 Å². The Morgan fingerprint density at radius 2 is 1.86 bits per heavy atom. The molecule has 3 nitrogen and oxygen atoms in total. The zero-order valence-electron chi connectivity index (χ0n) is 12.6. The second kappa shape index (κ2) is 7.07. The number of ether oxygens (including phenoxy) is 1. The Morgan fingerprint density at radius 3 is 2.48 bits per heavy atom. The molecule has 2 aromatic carbocycles. The fraction of sp³-hybridized carbons (Fsp3) is 0.294. The summed E-state index contributed by atoms with van der Waals surface area (Å²) in [6.07, 6.45) is 0.122. The van der Waals surface area contributed by atoms with Crippen LogP contribution in [0.2, 0.25) is 0 Å². The van der Waals surface area contributed by atoms with Crippen LogP contribution in [0.5, 0.6) is 5.75 Å². The van der Waals surface area contributed by atoms with Crippen molar-refractivity contribution in [2.75, 3.05) is 0 Å². The zero-order chi connectivity index (χ0) is 15.4. The van der Waals surface area contributed by atoms with E-state index in [0.717, 1.165) is 21.3 Å². The molecular weight excluding hydrogens is 328 g/mol. The molecule has 1 atom stereocenters. The van der Waals surface area contributed by atoms with Crippen molar-refractivity contribution in [3.63, 3.8) is 0 Å². The third-order valence-corrected chi connectivity index (χ3v) is 4.16. The molecule has 0 amide bonds. The third-order valence-electron chi connectivity index (χ3n) is 3.27. The van der Waals surface area contributed by atoms with Crippen LogP contribution in [0.4, 0.5) is 0 Å². The van der Waals surface area contributed by atoms with Crippen molar-refractivity contribution < 1.29 is 4.74 Å². The first-order valence-corrected chi connectivity index (χ1v) is 7.80. The highest BCUT2D eigenvalue weighted by molar-refractivity contribution is 9.10. The van der Waals surface area contributed by atoms with Crippen molar-refractivity contribution in [3.05, 3.63) is 63.6 Å². The molecule has 1 unspecified atom stereocenters. The SMILES string of the molecule is Cc1cc(C(NN)c2ccccc2OC(C)C)ccc1Br. The summed E-state index contributed by atoms with van der Waals surface area (Å²) in [6.45, 7) is 6.11. The standard InChI is InChI=1S/C17H21BrN2O/c1-11(2)21-16-7-5-4-6-14(16)17(20-19)13-8-9-15(18)12(3)10-13/h4-11,17,20H,19H2,1-3H3. The monoisotopic (exact) mass is 348 g/mol. The first-order chi connectivity index (χ1) is 10.0. The highest BCUT2D eigenvalue weighted by atomic mass is 79.9. The minimum atomic E-state index is -0.105. The summed E-state index contributed by atoms with van der Waals surface area (Å²) in [7, 11) is 0. The molecule has 2 rings (SSSR count). The van der Waals surface area contributed by atoms with Crippen LogP contribution < -0.4 is 16.0 Å². The predicted molar refractivity (Wildman–Crippen MR) is 90.3 cm³/mol. The van der Waals surface area contributed by atoms with Gasteiger partial charge in [0.25, 0.3) is 0 Å². The minimum absolute atomic E-state index is 0.105. The first-order valence-electron chi connectivity index (χ1n) is 7.00. The second-order valence-corrected chi connectivity index (χ2v) is 6.17. The van der Waals surface area contributed by atoms with Crippen LogP contribution in [-0.4, -0.2) is 6.10 Å². The van der Waals surface area contributed by atoms with Gasteiger partial charge in [0.1, 0.15) is 5.75 Å². The molecule has 0 spiro atoms. The Hall–Kier alpha value is -1.36. The van der Waals surface area contributed by atoms with E-state index in [1.165, 1.54) is 5.56 Å². The third kappa shape index (κ3) is 3.84. The summed E-state index contributed by atoms with van der Waals surface area (Å²) in [6, 6.07) is 14.1. The van der Waals surface area contributed by atoms with E-state index in [-0.39, 0.29) is 12.1 Å². The molecule has 4 heteroatoms. The fourth-order valence-electron chi connectivity index (χ4n) is 2.29. The molecule has 2 aromatic rings. The van der Waals surface area contributed by atoms with Crippen LogP contribution >= 0.6 is 15.9 Å². The Morgan fingerprint density at radius 1 is 1.14 bits per heavy atom. The van der Waals surface area contributed by atoms with E-state index in [1.54, 1.807) is 0 Å². The van der Waals surface area contributed by atoms with E-state index in [1.807, 2.05) is 44.2 Å². The second-order valence-electron chi connectivity index (χ2n) is 5.31. The molecule has 0 aliphatic rings. The molecule has 0 aliphatic heterocycles. The van der Waals surface area contributed by atoms with Crippen LogP contribution in [0.25, 0.3) is 0 Å². The van der Waals surface area contributed by atoms with Gasteiger partial charge in [0.15, 0.2) is 0 Å². The number of hydrogen-bond donors (Lipinski definition) is 2. The van der Waals surface area contributed by atoms with Gasteiger partial charge in [0, 0.05) is 10.0 Å². The van der Waals surface area contributed by atoms with Crippen LogP contribution in [-0.2, 0) is 0 Å². The van der Waals surface area contributed by atoms with Gasteiger partial charge in [-0.3, -0.25) is 5.84 Å². The molecule has 0 aliphatic carbocycles. The molecule has 0 saturated heterocycles. The summed E-state index contributed by atoms with van der Waals surface area (Å²) in [5, 5.41) is 0. The number of nitrogens with one attached hydrogen (secondary N) is 1. The van der Waals surface area contributed by atoms with Gasteiger partial charge in [-0.15, -0.1) is 0 Å². The predicted octanol–water partition coefficient (Wildman–Crippen LogP) is 4.10. The summed E-state index contributed by atoms with van der Waals surface area (Å²) in [4.78, 5) is 0. The number of benzene rings is 2. The van der Waals surface area contributed by atoms with Gasteiger partial charge in [-0.1, -0.05) is 46.3 Å². The van der Waals surface area contributed by atoms with Gasteiger partial charge in [-0.05, 0) is 44.0 Å². The van der Waals surface area contributed by atoms with Crippen molar-refractivity contribution in [1.82, 2.24) is 5.43 Å². The average molecular weight is 349 g/mol.